The third-order valence-corrected chi connectivity index (χ3v) is 5.93. The van der Waals surface area contributed by atoms with Crippen LogP contribution >= 0.6 is 11.3 Å². The Bertz CT molecular complexity index is 1060. The summed E-state index contributed by atoms with van der Waals surface area (Å²) in [4.78, 5) is 24.4. The lowest BCUT2D eigenvalue weighted by Gasteiger charge is -2.16. The summed E-state index contributed by atoms with van der Waals surface area (Å²) >= 11 is 1.54. The second kappa shape index (κ2) is 7.35. The van der Waals surface area contributed by atoms with Gasteiger partial charge in [-0.3, -0.25) is 9.78 Å². The van der Waals surface area contributed by atoms with E-state index in [9.17, 15) is 4.79 Å². The molecule has 0 bridgehead atoms. The van der Waals surface area contributed by atoms with Crippen LogP contribution in [0.3, 0.4) is 0 Å². The van der Waals surface area contributed by atoms with E-state index >= 15 is 0 Å². The molecule has 0 N–H and O–H groups in total. The first-order chi connectivity index (χ1) is 13.4. The van der Waals surface area contributed by atoms with Gasteiger partial charge in [-0.15, -0.1) is 16.4 Å². The Morgan fingerprint density at radius 2 is 2.18 bits per heavy atom. The first-order valence-corrected chi connectivity index (χ1v) is 10.0. The molecule has 3 aromatic heterocycles. The molecule has 1 fully saturated rings. The molecular formula is C20H23N5O2S. The highest BCUT2D eigenvalue weighted by Gasteiger charge is 2.40. The molecule has 146 valence electrons. The second-order valence-corrected chi connectivity index (χ2v) is 8.44. The summed E-state index contributed by atoms with van der Waals surface area (Å²) in [5, 5.41) is 5.01. The molecule has 1 saturated carbocycles. The molecule has 0 aliphatic heterocycles. The third kappa shape index (κ3) is 3.77. The largest absolute Gasteiger partial charge is 0.476 e. The smallest absolute Gasteiger partial charge is 0.290 e. The fraction of sp³-hybridized carbons (Fsp3) is 0.400. The number of hydrogen-bond acceptors (Lipinski definition) is 7. The lowest BCUT2D eigenvalue weighted by atomic mass is 10.2. The van der Waals surface area contributed by atoms with E-state index in [-0.39, 0.29) is 5.56 Å². The summed E-state index contributed by atoms with van der Waals surface area (Å²) in [7, 11) is 3.47. The highest BCUT2D eigenvalue weighted by Crippen LogP contribution is 2.46. The Labute approximate surface area is 167 Å². The lowest BCUT2D eigenvalue weighted by molar-refractivity contribution is 0.278. The molecule has 3 aromatic rings. The van der Waals surface area contributed by atoms with Gasteiger partial charge in [-0.05, 0) is 32.4 Å². The van der Waals surface area contributed by atoms with Crippen molar-refractivity contribution in [3.05, 3.63) is 57.1 Å². The maximum absolute atomic E-state index is 12.5. The van der Waals surface area contributed by atoms with Gasteiger partial charge in [0.2, 0.25) is 5.88 Å². The number of anilines is 2. The van der Waals surface area contributed by atoms with Crippen LogP contribution in [0.1, 0.15) is 28.6 Å². The summed E-state index contributed by atoms with van der Waals surface area (Å²) in [6, 6.07) is 7.82. The average molecular weight is 398 g/mol. The van der Waals surface area contributed by atoms with Crippen LogP contribution in [-0.4, -0.2) is 33.4 Å². The molecule has 0 amide bonds. The van der Waals surface area contributed by atoms with Crippen molar-refractivity contribution in [2.75, 3.05) is 18.6 Å². The van der Waals surface area contributed by atoms with Crippen molar-refractivity contribution in [3.63, 3.8) is 0 Å². The fourth-order valence-corrected chi connectivity index (χ4v) is 3.97. The maximum atomic E-state index is 12.5. The van der Waals surface area contributed by atoms with Gasteiger partial charge in [0.15, 0.2) is 5.13 Å². The average Bonchev–Trinajstić information content (AvgIpc) is 3.33. The van der Waals surface area contributed by atoms with E-state index in [0.717, 1.165) is 27.8 Å². The van der Waals surface area contributed by atoms with Crippen LogP contribution in [0.2, 0.25) is 0 Å². The van der Waals surface area contributed by atoms with Crippen LogP contribution in [0.4, 0.5) is 10.8 Å². The van der Waals surface area contributed by atoms with Crippen molar-refractivity contribution in [2.45, 2.75) is 26.2 Å². The number of ether oxygens (including phenoxy) is 1. The van der Waals surface area contributed by atoms with E-state index in [2.05, 4.69) is 21.1 Å². The number of aromatic nitrogens is 4. The van der Waals surface area contributed by atoms with E-state index in [1.807, 2.05) is 33.0 Å². The van der Waals surface area contributed by atoms with Crippen LogP contribution in [0.15, 0.2) is 35.3 Å². The molecule has 3 heterocycles. The molecule has 0 saturated heterocycles. The van der Waals surface area contributed by atoms with Crippen molar-refractivity contribution in [1.29, 1.82) is 0 Å². The summed E-state index contributed by atoms with van der Waals surface area (Å²) in [6.45, 7) is 4.56. The van der Waals surface area contributed by atoms with Crippen molar-refractivity contribution in [2.24, 2.45) is 13.0 Å². The molecular weight excluding hydrogens is 374 g/mol. The monoisotopic (exact) mass is 397 g/mol. The van der Waals surface area contributed by atoms with Gasteiger partial charge in [0.25, 0.3) is 5.56 Å². The molecule has 2 atom stereocenters. The van der Waals surface area contributed by atoms with E-state index in [1.54, 1.807) is 24.2 Å². The topological polar surface area (TPSA) is 73.1 Å². The number of nitrogens with zero attached hydrogens (tertiary/aromatic N) is 5. The van der Waals surface area contributed by atoms with Gasteiger partial charge in [0.05, 0.1) is 6.61 Å². The first kappa shape index (κ1) is 18.6. The Kier molecular flexibility index (Phi) is 4.89. The first-order valence-electron chi connectivity index (χ1n) is 9.23. The fourth-order valence-electron chi connectivity index (χ4n) is 3.24. The van der Waals surface area contributed by atoms with Gasteiger partial charge < -0.3 is 9.64 Å². The molecule has 8 heteroatoms. The summed E-state index contributed by atoms with van der Waals surface area (Å²) in [6.07, 6.45) is 2.86. The lowest BCUT2D eigenvalue weighted by Crippen LogP contribution is -2.27. The van der Waals surface area contributed by atoms with Crippen LogP contribution in [0.5, 0.6) is 5.88 Å². The molecule has 0 radical (unpaired) electrons. The molecule has 1 aliphatic rings. The SMILES string of the molecule is Cc1cccc([C@H]2C[C@@H]2COc2cc(N(C)c3ncc(C)s3)c(=O)n(C)n2)n1. The van der Waals surface area contributed by atoms with Gasteiger partial charge >= 0.3 is 0 Å². The van der Waals surface area contributed by atoms with Gasteiger partial charge in [-0.1, -0.05) is 6.07 Å². The number of thiazole rings is 1. The number of rotatable bonds is 6. The van der Waals surface area contributed by atoms with Crippen LogP contribution < -0.4 is 15.2 Å². The van der Waals surface area contributed by atoms with Crippen molar-refractivity contribution < 1.29 is 4.74 Å². The van der Waals surface area contributed by atoms with E-state index in [4.69, 9.17) is 4.74 Å². The minimum absolute atomic E-state index is 0.184. The third-order valence-electron chi connectivity index (χ3n) is 4.94. The zero-order valence-electron chi connectivity index (χ0n) is 16.4. The molecule has 7 nitrogen and oxygen atoms in total. The van der Waals surface area contributed by atoms with Gasteiger partial charge in [-0.2, -0.15) is 0 Å². The van der Waals surface area contributed by atoms with Gasteiger partial charge in [0.1, 0.15) is 5.69 Å². The van der Waals surface area contributed by atoms with Gasteiger partial charge in [-0.25, -0.2) is 9.67 Å². The Balaban J connectivity index is 1.47. The van der Waals surface area contributed by atoms with E-state index < -0.39 is 0 Å². The van der Waals surface area contributed by atoms with E-state index in [0.29, 0.717) is 30.0 Å². The summed E-state index contributed by atoms with van der Waals surface area (Å²) in [5.41, 5.74) is 2.47. The maximum Gasteiger partial charge on any atom is 0.290 e. The molecule has 0 unspecified atom stereocenters. The number of pyridine rings is 1. The van der Waals surface area contributed by atoms with Crippen molar-refractivity contribution >= 4 is 22.2 Å². The zero-order valence-corrected chi connectivity index (χ0v) is 17.2. The highest BCUT2D eigenvalue weighted by atomic mass is 32.1. The molecule has 4 rings (SSSR count). The van der Waals surface area contributed by atoms with Crippen molar-refractivity contribution in [3.8, 4) is 5.88 Å². The second-order valence-electron chi connectivity index (χ2n) is 7.23. The standard InChI is InChI=1S/C20H23N5O2S/c1-12-6-5-7-16(22-12)15-8-14(15)11-27-18-9-17(19(26)25(4)23-18)24(3)20-21-10-13(2)28-20/h5-7,9-10,14-15H,8,11H2,1-4H3/t14-,15+/m1/s1. The molecule has 0 aromatic carbocycles. The minimum atomic E-state index is -0.184. The predicted octanol–water partition coefficient (Wildman–Crippen LogP) is 3.20. The number of aryl methyl sites for hydroxylation is 3. The Morgan fingerprint density at radius 3 is 2.89 bits per heavy atom. The van der Waals surface area contributed by atoms with Gasteiger partial charge in [0, 0.05) is 54.5 Å². The van der Waals surface area contributed by atoms with Crippen molar-refractivity contribution in [1.82, 2.24) is 19.7 Å². The Hall–Kier alpha value is -2.74. The van der Waals surface area contributed by atoms with Crippen LogP contribution in [0, 0.1) is 19.8 Å². The summed E-state index contributed by atoms with van der Waals surface area (Å²) in [5.74, 6) is 1.31. The number of hydrogen-bond donors (Lipinski definition) is 0. The van der Waals surface area contributed by atoms with Crippen LogP contribution in [0.25, 0.3) is 0 Å². The minimum Gasteiger partial charge on any atom is -0.476 e. The predicted molar refractivity (Wildman–Crippen MR) is 110 cm³/mol. The highest BCUT2D eigenvalue weighted by molar-refractivity contribution is 7.15. The Morgan fingerprint density at radius 1 is 1.36 bits per heavy atom. The quantitative estimate of drug-likeness (QED) is 0.636. The normalized spacial score (nSPS) is 18.1. The van der Waals surface area contributed by atoms with Crippen LogP contribution in [-0.2, 0) is 7.05 Å². The van der Waals surface area contributed by atoms with E-state index in [1.165, 1.54) is 16.0 Å². The summed E-state index contributed by atoms with van der Waals surface area (Å²) < 4.78 is 7.25. The zero-order chi connectivity index (χ0) is 19.8. The molecule has 0 spiro atoms. The molecule has 28 heavy (non-hydrogen) atoms. The molecule has 1 aliphatic carbocycles.